The SMILES string of the molecule is c1ccc2c(c1)[se]c1ccc3c(c4ccc5sc6cccc7c8ccccc8c8ccccc8n3c4c5c67)c12. The van der Waals surface area contributed by atoms with E-state index in [0.29, 0.717) is 14.5 Å². The molecule has 3 heteroatoms. The zero-order valence-electron chi connectivity index (χ0n) is 20.7. The molecule has 0 aliphatic carbocycles. The van der Waals surface area contributed by atoms with Gasteiger partial charge in [-0.1, -0.05) is 0 Å². The Labute approximate surface area is 232 Å². The van der Waals surface area contributed by atoms with E-state index in [1.807, 2.05) is 11.3 Å². The number of thiophene rings is 1. The third kappa shape index (κ3) is 2.52. The van der Waals surface area contributed by atoms with Gasteiger partial charge < -0.3 is 0 Å². The van der Waals surface area contributed by atoms with Crippen molar-refractivity contribution in [3.63, 3.8) is 0 Å². The number of rotatable bonds is 0. The predicted molar refractivity (Wildman–Crippen MR) is 172 cm³/mol. The Kier molecular flexibility index (Phi) is 3.88. The summed E-state index contributed by atoms with van der Waals surface area (Å²) in [6.07, 6.45) is 0. The van der Waals surface area contributed by atoms with Gasteiger partial charge in [-0.15, -0.1) is 0 Å². The summed E-state index contributed by atoms with van der Waals surface area (Å²) in [5.74, 6) is 0. The van der Waals surface area contributed by atoms with Crippen LogP contribution in [0.25, 0.3) is 88.3 Å². The van der Waals surface area contributed by atoms with Gasteiger partial charge in [-0.05, 0) is 0 Å². The minimum atomic E-state index is 0.336. The van der Waals surface area contributed by atoms with Crippen molar-refractivity contribution in [2.75, 3.05) is 0 Å². The van der Waals surface area contributed by atoms with Crippen LogP contribution in [-0.2, 0) is 0 Å². The van der Waals surface area contributed by atoms with Crippen molar-refractivity contribution in [2.24, 2.45) is 0 Å². The van der Waals surface area contributed by atoms with Crippen LogP contribution < -0.4 is 0 Å². The number of hydrogen-bond donors (Lipinski definition) is 0. The quantitative estimate of drug-likeness (QED) is 0.158. The molecule has 0 aliphatic rings. The molecule has 0 fully saturated rings. The molecular formula is C36H19NSSe. The minimum absolute atomic E-state index is 0.336. The Morgan fingerprint density at radius 2 is 1.13 bits per heavy atom. The average molecular weight is 577 g/mol. The second-order valence-electron chi connectivity index (χ2n) is 10.4. The van der Waals surface area contributed by atoms with Gasteiger partial charge >= 0.3 is 234 Å². The zero-order valence-corrected chi connectivity index (χ0v) is 23.3. The molecule has 0 spiro atoms. The molecule has 0 saturated heterocycles. The molecule has 0 bridgehead atoms. The molecule has 39 heavy (non-hydrogen) atoms. The molecule has 0 N–H and O–H groups in total. The fraction of sp³-hybridized carbons (Fsp3) is 0. The van der Waals surface area contributed by atoms with Crippen LogP contribution in [0.2, 0.25) is 0 Å². The topological polar surface area (TPSA) is 4.41 Å². The molecule has 0 saturated carbocycles. The molecule has 10 rings (SSSR count). The molecule has 0 aliphatic heterocycles. The molecule has 0 atom stereocenters. The second kappa shape index (κ2) is 7.28. The van der Waals surface area contributed by atoms with Gasteiger partial charge in [0.15, 0.2) is 0 Å². The molecule has 1 nitrogen and oxygen atoms in total. The average Bonchev–Trinajstić information content (AvgIpc) is 3.66. The number of fused-ring (bicyclic) bond motifs is 12. The van der Waals surface area contributed by atoms with Crippen LogP contribution in [0.1, 0.15) is 0 Å². The molecule has 4 heterocycles. The van der Waals surface area contributed by atoms with Crippen LogP contribution in [0.4, 0.5) is 0 Å². The number of aromatic nitrogens is 1. The van der Waals surface area contributed by atoms with Gasteiger partial charge in [0.1, 0.15) is 0 Å². The van der Waals surface area contributed by atoms with Gasteiger partial charge in [0.05, 0.1) is 0 Å². The Hall–Kier alpha value is -4.14. The summed E-state index contributed by atoms with van der Waals surface area (Å²) in [6.45, 7) is 0. The van der Waals surface area contributed by atoms with E-state index >= 15 is 0 Å². The summed E-state index contributed by atoms with van der Waals surface area (Å²) in [5, 5.41) is 13.6. The number of nitrogens with zero attached hydrogens (tertiary/aromatic N) is 1. The molecule has 0 amide bonds. The molecule has 4 aromatic heterocycles. The normalized spacial score (nSPS) is 12.6. The van der Waals surface area contributed by atoms with E-state index in [-0.39, 0.29) is 0 Å². The van der Waals surface area contributed by atoms with Gasteiger partial charge in [-0.2, -0.15) is 0 Å². The predicted octanol–water partition coefficient (Wildman–Crippen LogP) is 10.3. The van der Waals surface area contributed by atoms with E-state index in [9.17, 15) is 0 Å². The van der Waals surface area contributed by atoms with Crippen LogP contribution in [0.15, 0.2) is 115 Å². The Bertz CT molecular complexity index is 2640. The number of hydrogen-bond acceptors (Lipinski definition) is 1. The van der Waals surface area contributed by atoms with E-state index in [0.717, 1.165) is 0 Å². The van der Waals surface area contributed by atoms with Crippen molar-refractivity contribution in [1.29, 1.82) is 0 Å². The first-order valence-electron chi connectivity index (χ1n) is 13.3. The Morgan fingerprint density at radius 3 is 2.03 bits per heavy atom. The van der Waals surface area contributed by atoms with Crippen molar-refractivity contribution in [1.82, 2.24) is 4.40 Å². The first kappa shape index (κ1) is 20.8. The fourth-order valence-corrected chi connectivity index (χ4v) is 10.5. The summed E-state index contributed by atoms with van der Waals surface area (Å²) in [7, 11) is 0. The molecule has 0 radical (unpaired) electrons. The third-order valence-electron chi connectivity index (χ3n) is 8.54. The van der Waals surface area contributed by atoms with E-state index in [2.05, 4.69) is 120 Å². The number of benzene rings is 6. The van der Waals surface area contributed by atoms with Crippen LogP contribution >= 0.6 is 11.3 Å². The van der Waals surface area contributed by atoms with E-state index in [4.69, 9.17) is 0 Å². The van der Waals surface area contributed by atoms with Gasteiger partial charge in [-0.25, -0.2) is 0 Å². The maximum atomic E-state index is 2.58. The van der Waals surface area contributed by atoms with E-state index < -0.39 is 0 Å². The third-order valence-corrected chi connectivity index (χ3v) is 12.0. The summed E-state index contributed by atoms with van der Waals surface area (Å²) in [4.78, 5) is 0. The van der Waals surface area contributed by atoms with Crippen LogP contribution in [-0.4, -0.2) is 18.9 Å². The van der Waals surface area contributed by atoms with Gasteiger partial charge in [0.25, 0.3) is 0 Å². The van der Waals surface area contributed by atoms with E-state index in [1.165, 1.54) is 88.3 Å². The van der Waals surface area contributed by atoms with Crippen molar-refractivity contribution in [3.05, 3.63) is 115 Å². The monoisotopic (exact) mass is 577 g/mol. The Morgan fingerprint density at radius 1 is 0.410 bits per heavy atom. The van der Waals surface area contributed by atoms with Crippen molar-refractivity contribution < 1.29 is 0 Å². The first-order valence-corrected chi connectivity index (χ1v) is 15.8. The van der Waals surface area contributed by atoms with Crippen molar-refractivity contribution >= 4 is 114 Å². The van der Waals surface area contributed by atoms with Crippen LogP contribution in [0, 0.1) is 0 Å². The summed E-state index contributed by atoms with van der Waals surface area (Å²) < 4.78 is 8.28. The first-order chi connectivity index (χ1) is 19.4. The molecule has 10 aromatic rings. The standard InChI is InChI=1S/C36H19NSSe/c1-2-9-21-20(8-1)22-10-3-5-13-26(22)37-27-17-19-31-34(24-11-4-6-15-30(24)39-31)32(27)25-16-18-29-35(36(25)37)33-23(21)12-7-14-28(33)38-29/h1-19H. The summed E-state index contributed by atoms with van der Waals surface area (Å²) >= 11 is 2.26. The summed E-state index contributed by atoms with van der Waals surface area (Å²) in [5.41, 5.74) is 3.89. The van der Waals surface area contributed by atoms with Crippen LogP contribution in [0.5, 0.6) is 0 Å². The van der Waals surface area contributed by atoms with Crippen LogP contribution in [0.3, 0.4) is 0 Å². The molecular weight excluding hydrogens is 557 g/mol. The maximum absolute atomic E-state index is 2.58. The van der Waals surface area contributed by atoms with Crippen molar-refractivity contribution in [3.8, 4) is 0 Å². The second-order valence-corrected chi connectivity index (χ2v) is 13.8. The molecule has 0 unspecified atom stereocenters. The molecule has 6 aromatic carbocycles. The van der Waals surface area contributed by atoms with Gasteiger partial charge in [-0.3, -0.25) is 0 Å². The van der Waals surface area contributed by atoms with Gasteiger partial charge in [0.2, 0.25) is 0 Å². The zero-order chi connectivity index (χ0) is 25.2. The molecule has 180 valence electrons. The number of para-hydroxylation sites is 1. The summed E-state index contributed by atoms with van der Waals surface area (Å²) in [6, 6.07) is 43.4. The van der Waals surface area contributed by atoms with Gasteiger partial charge in [0, 0.05) is 0 Å². The fourth-order valence-electron chi connectivity index (χ4n) is 7.03. The Balaban J connectivity index is 1.68. The van der Waals surface area contributed by atoms with E-state index in [1.54, 1.807) is 0 Å². The van der Waals surface area contributed by atoms with Crippen molar-refractivity contribution in [2.45, 2.75) is 0 Å².